The molecule has 0 amide bonds. The van der Waals surface area contributed by atoms with Gasteiger partial charge in [-0.25, -0.2) is 0 Å². The van der Waals surface area contributed by atoms with Crippen molar-refractivity contribution in [2.45, 2.75) is 112 Å². The average molecular weight is 826 g/mol. The summed E-state index contributed by atoms with van der Waals surface area (Å²) in [6.07, 6.45) is 6.17. The predicted molar refractivity (Wildman–Crippen MR) is 275 cm³/mol. The first kappa shape index (κ1) is 42.3. The summed E-state index contributed by atoms with van der Waals surface area (Å²) in [6.45, 7) is 22.8. The van der Waals surface area contributed by atoms with Crippen molar-refractivity contribution in [1.82, 2.24) is 0 Å². The Morgan fingerprint density at radius 1 is 0.460 bits per heavy atom. The van der Waals surface area contributed by atoms with Crippen LogP contribution in [0.5, 0.6) is 0 Å². The van der Waals surface area contributed by atoms with Crippen molar-refractivity contribution >= 4 is 74.3 Å². The second kappa shape index (κ2) is 16.6. The van der Waals surface area contributed by atoms with E-state index < -0.39 is 0 Å². The summed E-state index contributed by atoms with van der Waals surface area (Å²) >= 11 is 0. The SMILES string of the molecule is CCCCCCc1ccc(N2c3cc(N(c4ccc(C)cc4)c4cccc(C)c4)ccc3B3c4cc(C(C)(C)C)ccc4N(c4ccc(C(C)(C)C)cc4)c4cc(C)cc2c43)cc1. The largest absolute Gasteiger partial charge is 0.311 e. The molecule has 0 unspecified atom stereocenters. The molecule has 0 saturated carbocycles. The van der Waals surface area contributed by atoms with E-state index in [1.54, 1.807) is 0 Å². The molecule has 2 aliphatic heterocycles. The van der Waals surface area contributed by atoms with E-state index in [1.807, 2.05) is 0 Å². The Kier molecular flexibility index (Phi) is 11.2. The highest BCUT2D eigenvalue weighted by Crippen LogP contribution is 2.47. The fourth-order valence-corrected chi connectivity index (χ4v) is 9.87. The lowest BCUT2D eigenvalue weighted by Gasteiger charge is -2.45. The predicted octanol–water partition coefficient (Wildman–Crippen LogP) is 14.9. The van der Waals surface area contributed by atoms with Crippen molar-refractivity contribution < 1.29 is 0 Å². The Morgan fingerprint density at radius 2 is 1.06 bits per heavy atom. The van der Waals surface area contributed by atoms with Crippen LogP contribution in [0.2, 0.25) is 0 Å². The number of aryl methyl sites for hydroxylation is 4. The van der Waals surface area contributed by atoms with Crippen LogP contribution in [-0.2, 0) is 17.3 Å². The fraction of sp³-hybridized carbons (Fsp3) is 0.288. The maximum Gasteiger partial charge on any atom is 0.252 e. The molecule has 4 heteroatoms. The first-order valence-corrected chi connectivity index (χ1v) is 23.4. The molecule has 0 spiro atoms. The van der Waals surface area contributed by atoms with Gasteiger partial charge >= 0.3 is 0 Å². The molecule has 0 saturated heterocycles. The molecule has 0 fully saturated rings. The van der Waals surface area contributed by atoms with Crippen LogP contribution in [-0.4, -0.2) is 6.71 Å². The minimum atomic E-state index is -0.0152. The van der Waals surface area contributed by atoms with E-state index in [-0.39, 0.29) is 17.5 Å². The zero-order chi connectivity index (χ0) is 44.2. The monoisotopic (exact) mass is 826 g/mol. The first-order valence-electron chi connectivity index (χ1n) is 23.4. The Bertz CT molecular complexity index is 2770. The van der Waals surface area contributed by atoms with Crippen molar-refractivity contribution in [2.24, 2.45) is 0 Å². The van der Waals surface area contributed by atoms with Gasteiger partial charge in [0.15, 0.2) is 0 Å². The highest BCUT2D eigenvalue weighted by molar-refractivity contribution is 7.00. The molecule has 2 aliphatic rings. The molecule has 7 aromatic carbocycles. The lowest BCUT2D eigenvalue weighted by molar-refractivity contribution is 0.590. The van der Waals surface area contributed by atoms with E-state index >= 15 is 0 Å². The van der Waals surface area contributed by atoms with Crippen LogP contribution in [0.1, 0.15) is 108 Å². The molecular formula is C59H64BN3. The molecule has 7 aromatic rings. The number of hydrogen-bond donors (Lipinski definition) is 0. The van der Waals surface area contributed by atoms with Gasteiger partial charge in [0.2, 0.25) is 0 Å². The quantitative estimate of drug-likeness (QED) is 0.100. The van der Waals surface area contributed by atoms with Gasteiger partial charge in [-0.05, 0) is 168 Å². The van der Waals surface area contributed by atoms with Gasteiger partial charge in [-0.1, -0.05) is 140 Å². The summed E-state index contributed by atoms with van der Waals surface area (Å²) in [4.78, 5) is 7.55. The van der Waals surface area contributed by atoms with Crippen LogP contribution in [0.3, 0.4) is 0 Å². The van der Waals surface area contributed by atoms with Crippen molar-refractivity contribution in [2.75, 3.05) is 14.7 Å². The molecular weight excluding hydrogens is 761 g/mol. The van der Waals surface area contributed by atoms with Crippen LogP contribution >= 0.6 is 0 Å². The van der Waals surface area contributed by atoms with Gasteiger partial charge in [0.05, 0.1) is 0 Å². The Labute approximate surface area is 378 Å². The highest BCUT2D eigenvalue weighted by atomic mass is 15.2. The van der Waals surface area contributed by atoms with Crippen LogP contribution in [0.15, 0.2) is 146 Å². The van der Waals surface area contributed by atoms with E-state index in [4.69, 9.17) is 0 Å². The minimum absolute atomic E-state index is 0.0152. The van der Waals surface area contributed by atoms with Gasteiger partial charge in [0.1, 0.15) is 0 Å². The lowest BCUT2D eigenvalue weighted by atomic mass is 9.33. The summed E-state index contributed by atoms with van der Waals surface area (Å²) in [5.41, 5.74) is 22.7. The van der Waals surface area contributed by atoms with Crippen LogP contribution < -0.4 is 31.1 Å². The molecule has 0 bridgehead atoms. The van der Waals surface area contributed by atoms with Crippen molar-refractivity contribution in [3.05, 3.63) is 179 Å². The van der Waals surface area contributed by atoms with Gasteiger partial charge in [0.25, 0.3) is 6.71 Å². The van der Waals surface area contributed by atoms with E-state index in [0.29, 0.717) is 0 Å². The summed E-state index contributed by atoms with van der Waals surface area (Å²) < 4.78 is 0. The average Bonchev–Trinajstić information content (AvgIpc) is 3.25. The molecule has 3 nitrogen and oxygen atoms in total. The van der Waals surface area contributed by atoms with Gasteiger partial charge in [0, 0.05) is 51.2 Å². The summed E-state index contributed by atoms with van der Waals surface area (Å²) in [7, 11) is 0. The topological polar surface area (TPSA) is 9.72 Å². The third-order valence-electron chi connectivity index (χ3n) is 13.4. The summed E-state index contributed by atoms with van der Waals surface area (Å²) in [5, 5.41) is 0. The molecule has 9 rings (SSSR count). The van der Waals surface area contributed by atoms with Crippen molar-refractivity contribution in [3.8, 4) is 0 Å². The Morgan fingerprint density at radius 3 is 1.70 bits per heavy atom. The molecule has 318 valence electrons. The minimum Gasteiger partial charge on any atom is -0.311 e. The number of unbranched alkanes of at least 4 members (excludes halogenated alkanes) is 3. The van der Waals surface area contributed by atoms with Crippen LogP contribution in [0.4, 0.5) is 51.2 Å². The number of benzene rings is 7. The smallest absolute Gasteiger partial charge is 0.252 e. The van der Waals surface area contributed by atoms with E-state index in [1.165, 1.54) is 110 Å². The second-order valence-electron chi connectivity index (χ2n) is 20.4. The molecule has 0 aliphatic carbocycles. The standard InChI is InChI=1S/C59H64BN3/c1-11-12-13-14-17-43-21-28-47(29-22-43)63-54-39-50(61(46-26-19-40(2)20-27-46)49-18-15-16-41(3)35-49)32-33-51(54)60-52-38-45(59(8,9)10)25-34-53(52)62(55-36-42(4)37-56(63)57(55)60)48-30-23-44(24-31-48)58(5,6)7/h15-16,18-39H,11-14,17H2,1-10H3. The number of fused-ring (bicyclic) bond motifs is 4. The number of nitrogens with zero attached hydrogens (tertiary/aromatic N) is 3. The molecule has 0 aromatic heterocycles. The fourth-order valence-electron chi connectivity index (χ4n) is 9.87. The van der Waals surface area contributed by atoms with Gasteiger partial charge in [-0.2, -0.15) is 0 Å². The number of hydrogen-bond acceptors (Lipinski definition) is 3. The maximum atomic E-state index is 2.57. The highest BCUT2D eigenvalue weighted by Gasteiger charge is 2.44. The number of rotatable bonds is 10. The summed E-state index contributed by atoms with van der Waals surface area (Å²) in [6, 6.07) is 56.1. The zero-order valence-electron chi connectivity index (χ0n) is 39.3. The molecule has 0 atom stereocenters. The molecule has 2 heterocycles. The Hall–Kier alpha value is -6.00. The van der Waals surface area contributed by atoms with Crippen LogP contribution in [0, 0.1) is 20.8 Å². The first-order chi connectivity index (χ1) is 30.2. The third-order valence-corrected chi connectivity index (χ3v) is 13.4. The van der Waals surface area contributed by atoms with E-state index in [0.717, 1.165) is 23.5 Å². The second-order valence-corrected chi connectivity index (χ2v) is 20.4. The van der Waals surface area contributed by atoms with Crippen LogP contribution in [0.25, 0.3) is 0 Å². The summed E-state index contributed by atoms with van der Waals surface area (Å²) in [5.74, 6) is 0. The molecule has 63 heavy (non-hydrogen) atoms. The van der Waals surface area contributed by atoms with E-state index in [9.17, 15) is 0 Å². The van der Waals surface area contributed by atoms with Gasteiger partial charge < -0.3 is 14.7 Å². The third kappa shape index (κ3) is 8.10. The van der Waals surface area contributed by atoms with E-state index in [2.05, 4.69) is 230 Å². The molecule has 0 N–H and O–H groups in total. The van der Waals surface area contributed by atoms with Gasteiger partial charge in [-0.3, -0.25) is 0 Å². The normalized spacial score (nSPS) is 13.1. The van der Waals surface area contributed by atoms with Crippen molar-refractivity contribution in [1.29, 1.82) is 0 Å². The Balaban J connectivity index is 1.30. The van der Waals surface area contributed by atoms with Gasteiger partial charge in [-0.15, -0.1) is 0 Å². The maximum absolute atomic E-state index is 2.57. The van der Waals surface area contributed by atoms with Crippen molar-refractivity contribution in [3.63, 3.8) is 0 Å². The lowest BCUT2D eigenvalue weighted by Crippen LogP contribution is -2.61. The molecule has 0 radical (unpaired) electrons. The zero-order valence-corrected chi connectivity index (χ0v) is 39.3. The number of anilines is 9.